The maximum absolute atomic E-state index is 13.3. The molecule has 0 spiro atoms. The van der Waals surface area contributed by atoms with Gasteiger partial charge in [-0.1, -0.05) is 25.1 Å². The Hall–Kier alpha value is -3.02. The fourth-order valence-electron chi connectivity index (χ4n) is 3.63. The summed E-state index contributed by atoms with van der Waals surface area (Å²) in [4.78, 5) is 39.4. The highest BCUT2D eigenvalue weighted by molar-refractivity contribution is 6.11. The monoisotopic (exact) mass is 382 g/mol. The van der Waals surface area contributed by atoms with E-state index in [0.717, 1.165) is 21.6 Å². The van der Waals surface area contributed by atoms with Crippen molar-refractivity contribution in [2.45, 2.75) is 39.7 Å². The van der Waals surface area contributed by atoms with E-state index in [1.54, 1.807) is 13.0 Å². The van der Waals surface area contributed by atoms with Crippen LogP contribution in [0.4, 0.5) is 9.18 Å². The van der Waals surface area contributed by atoms with E-state index in [9.17, 15) is 18.8 Å². The molecule has 1 atom stereocenters. The van der Waals surface area contributed by atoms with Crippen LogP contribution in [0.1, 0.15) is 46.0 Å². The molecule has 6 heteroatoms. The van der Waals surface area contributed by atoms with Crippen molar-refractivity contribution >= 4 is 17.7 Å². The van der Waals surface area contributed by atoms with Crippen LogP contribution in [-0.4, -0.2) is 29.2 Å². The Kier molecular flexibility index (Phi) is 5.06. The van der Waals surface area contributed by atoms with Crippen LogP contribution in [0.5, 0.6) is 0 Å². The Morgan fingerprint density at radius 2 is 1.64 bits per heavy atom. The number of nitrogens with zero attached hydrogens (tertiary/aromatic N) is 1. The Bertz CT molecular complexity index is 968. The van der Waals surface area contributed by atoms with Crippen molar-refractivity contribution in [2.75, 3.05) is 6.54 Å². The number of halogens is 1. The zero-order chi connectivity index (χ0) is 20.6. The maximum Gasteiger partial charge on any atom is 0.325 e. The lowest BCUT2D eigenvalue weighted by atomic mass is 9.87. The summed E-state index contributed by atoms with van der Waals surface area (Å²) >= 11 is 0. The molecule has 0 bridgehead atoms. The molecule has 28 heavy (non-hydrogen) atoms. The summed E-state index contributed by atoms with van der Waals surface area (Å²) in [5.74, 6) is -1.22. The first kappa shape index (κ1) is 19.7. The highest BCUT2D eigenvalue weighted by atomic mass is 19.1. The highest BCUT2D eigenvalue weighted by Crippen LogP contribution is 2.32. The van der Waals surface area contributed by atoms with Gasteiger partial charge in [-0.15, -0.1) is 0 Å². The number of hydrogen-bond donors (Lipinski definition) is 1. The van der Waals surface area contributed by atoms with Gasteiger partial charge in [-0.3, -0.25) is 14.5 Å². The minimum atomic E-state index is -1.29. The molecule has 1 aliphatic rings. The minimum Gasteiger partial charge on any atom is -0.319 e. The number of imide groups is 1. The number of carbonyl (C=O) groups excluding carboxylic acids is 3. The smallest absolute Gasteiger partial charge is 0.319 e. The lowest BCUT2D eigenvalue weighted by Gasteiger charge is -2.25. The van der Waals surface area contributed by atoms with Crippen LogP contribution >= 0.6 is 0 Å². The van der Waals surface area contributed by atoms with Crippen molar-refractivity contribution in [3.05, 3.63) is 70.0 Å². The van der Waals surface area contributed by atoms with Crippen molar-refractivity contribution in [3.8, 4) is 0 Å². The molecule has 1 unspecified atom stereocenters. The number of benzene rings is 2. The quantitative estimate of drug-likeness (QED) is 0.632. The molecule has 0 aromatic heterocycles. The fourth-order valence-corrected chi connectivity index (χ4v) is 3.63. The molecule has 2 aromatic carbocycles. The Balaban J connectivity index is 1.90. The van der Waals surface area contributed by atoms with E-state index in [-0.39, 0.29) is 18.7 Å². The molecular weight excluding hydrogens is 359 g/mol. The summed E-state index contributed by atoms with van der Waals surface area (Å²) in [7, 11) is 0. The van der Waals surface area contributed by atoms with Gasteiger partial charge < -0.3 is 5.32 Å². The number of ketones is 1. The first-order valence-electron chi connectivity index (χ1n) is 9.21. The number of rotatable bonds is 5. The van der Waals surface area contributed by atoms with Crippen molar-refractivity contribution < 1.29 is 18.8 Å². The molecule has 1 fully saturated rings. The molecule has 3 rings (SSSR count). The normalized spacial score (nSPS) is 19.1. The van der Waals surface area contributed by atoms with Crippen LogP contribution in [0.15, 0.2) is 36.4 Å². The molecule has 1 N–H and O–H groups in total. The molecule has 0 radical (unpaired) electrons. The topological polar surface area (TPSA) is 66.5 Å². The average molecular weight is 382 g/mol. The third-order valence-corrected chi connectivity index (χ3v) is 5.49. The van der Waals surface area contributed by atoms with Gasteiger partial charge in [0.15, 0.2) is 5.78 Å². The molecule has 2 aromatic rings. The van der Waals surface area contributed by atoms with Gasteiger partial charge in [0.1, 0.15) is 11.4 Å². The molecule has 3 amide bonds. The molecular formula is C22H23FN2O3. The largest absolute Gasteiger partial charge is 0.325 e. The van der Waals surface area contributed by atoms with Crippen LogP contribution in [-0.2, 0) is 10.3 Å². The van der Waals surface area contributed by atoms with Gasteiger partial charge in [-0.05, 0) is 67.6 Å². The highest BCUT2D eigenvalue weighted by Gasteiger charge is 2.51. The van der Waals surface area contributed by atoms with E-state index in [2.05, 4.69) is 5.32 Å². The molecule has 0 aliphatic carbocycles. The van der Waals surface area contributed by atoms with Crippen LogP contribution in [0.3, 0.4) is 0 Å². The lowest BCUT2D eigenvalue weighted by Crippen LogP contribution is -2.43. The summed E-state index contributed by atoms with van der Waals surface area (Å²) in [5.41, 5.74) is 2.56. The maximum atomic E-state index is 13.3. The standard InChI is InChI=1S/C22H23FN2O3/c1-5-22(16-6-8-17(23)9-7-16)20(27)25(21(28)24-22)12-19(26)18-11-14(3)13(2)10-15(18)4/h6-11H,5,12H2,1-4H3,(H,24,28). The van der Waals surface area contributed by atoms with Gasteiger partial charge >= 0.3 is 6.03 Å². The summed E-state index contributed by atoms with van der Waals surface area (Å²) in [6.45, 7) is 7.14. The second-order valence-corrected chi connectivity index (χ2v) is 7.26. The Morgan fingerprint density at radius 3 is 2.25 bits per heavy atom. The number of aryl methyl sites for hydroxylation is 3. The summed E-state index contributed by atoms with van der Waals surface area (Å²) in [6.07, 6.45) is 0.288. The predicted molar refractivity (Wildman–Crippen MR) is 104 cm³/mol. The number of amides is 3. The van der Waals surface area contributed by atoms with Crippen molar-refractivity contribution in [1.82, 2.24) is 10.2 Å². The Labute approximate surface area is 163 Å². The SMILES string of the molecule is CCC1(c2ccc(F)cc2)NC(=O)N(CC(=O)c2cc(C)c(C)cc2C)C1=O. The van der Waals surface area contributed by atoms with Gasteiger partial charge in [0.2, 0.25) is 0 Å². The first-order valence-corrected chi connectivity index (χ1v) is 9.21. The third kappa shape index (κ3) is 3.19. The molecule has 0 saturated carbocycles. The van der Waals surface area contributed by atoms with Crippen LogP contribution in [0, 0.1) is 26.6 Å². The van der Waals surface area contributed by atoms with Gasteiger partial charge in [0.05, 0.1) is 6.54 Å². The zero-order valence-corrected chi connectivity index (χ0v) is 16.4. The zero-order valence-electron chi connectivity index (χ0n) is 16.4. The number of urea groups is 1. The molecule has 1 saturated heterocycles. The molecule has 1 heterocycles. The summed E-state index contributed by atoms with van der Waals surface area (Å²) < 4.78 is 13.3. The average Bonchev–Trinajstić information content (AvgIpc) is 2.90. The summed E-state index contributed by atoms with van der Waals surface area (Å²) in [5, 5.41) is 2.71. The molecule has 1 aliphatic heterocycles. The Morgan fingerprint density at radius 1 is 1.04 bits per heavy atom. The van der Waals surface area contributed by atoms with Crippen LogP contribution < -0.4 is 5.32 Å². The van der Waals surface area contributed by atoms with E-state index >= 15 is 0 Å². The molecule has 5 nitrogen and oxygen atoms in total. The van der Waals surface area contributed by atoms with Gasteiger partial charge in [0.25, 0.3) is 5.91 Å². The van der Waals surface area contributed by atoms with E-state index in [1.807, 2.05) is 26.8 Å². The minimum absolute atomic E-state index is 0.288. The lowest BCUT2D eigenvalue weighted by molar-refractivity contribution is -0.131. The molecule has 146 valence electrons. The van der Waals surface area contributed by atoms with E-state index in [0.29, 0.717) is 11.1 Å². The second-order valence-electron chi connectivity index (χ2n) is 7.26. The first-order chi connectivity index (χ1) is 13.2. The number of carbonyl (C=O) groups is 3. The fraction of sp³-hybridized carbons (Fsp3) is 0.318. The van der Waals surface area contributed by atoms with E-state index < -0.39 is 23.3 Å². The second kappa shape index (κ2) is 7.19. The third-order valence-electron chi connectivity index (χ3n) is 5.49. The van der Waals surface area contributed by atoms with Crippen molar-refractivity contribution in [2.24, 2.45) is 0 Å². The van der Waals surface area contributed by atoms with Gasteiger partial charge in [0, 0.05) is 5.56 Å². The predicted octanol–water partition coefficient (Wildman–Crippen LogP) is 3.79. The number of hydrogen-bond acceptors (Lipinski definition) is 3. The number of Topliss-reactive ketones (excluding diaryl/α,β-unsaturated/α-hetero) is 1. The van der Waals surface area contributed by atoms with Crippen LogP contribution in [0.25, 0.3) is 0 Å². The number of nitrogens with one attached hydrogen (secondary N) is 1. The van der Waals surface area contributed by atoms with E-state index in [4.69, 9.17) is 0 Å². The van der Waals surface area contributed by atoms with Gasteiger partial charge in [-0.25, -0.2) is 9.18 Å². The van der Waals surface area contributed by atoms with Gasteiger partial charge in [-0.2, -0.15) is 0 Å². The van der Waals surface area contributed by atoms with Crippen LogP contribution in [0.2, 0.25) is 0 Å². The van der Waals surface area contributed by atoms with Crippen molar-refractivity contribution in [1.29, 1.82) is 0 Å². The van der Waals surface area contributed by atoms with E-state index in [1.165, 1.54) is 24.3 Å². The summed E-state index contributed by atoms with van der Waals surface area (Å²) in [6, 6.07) is 8.55. The van der Waals surface area contributed by atoms with Crippen molar-refractivity contribution in [3.63, 3.8) is 0 Å².